The van der Waals surface area contributed by atoms with E-state index in [1.165, 1.54) is 6.26 Å². The number of amides is 1. The van der Waals surface area contributed by atoms with Crippen molar-refractivity contribution < 1.29 is 23.8 Å². The van der Waals surface area contributed by atoms with Crippen molar-refractivity contribution in [1.82, 2.24) is 9.80 Å². The molecule has 7 nitrogen and oxygen atoms in total. The second-order valence-electron chi connectivity index (χ2n) is 6.87. The lowest BCUT2D eigenvalue weighted by Gasteiger charge is -2.35. The van der Waals surface area contributed by atoms with Crippen LogP contribution in [0.3, 0.4) is 0 Å². The Balaban J connectivity index is 1.33. The van der Waals surface area contributed by atoms with Gasteiger partial charge in [0.2, 0.25) is 6.29 Å². The highest BCUT2D eigenvalue weighted by molar-refractivity contribution is 8.23. The van der Waals surface area contributed by atoms with Gasteiger partial charge < -0.3 is 28.8 Å². The number of thioether (sulfide) groups is 1. The Morgan fingerprint density at radius 2 is 2.03 bits per heavy atom. The standard InChI is InChI=1S/C21H22N2O5S2/c1-26-15-4-5-16-14(11-19(24)28-18(16)12-15)13-30-21(29)23-8-6-22(7-9-23)20(25)17-3-2-10-27-17/h2-5,10-12,19,24H,6-9,13H2,1H3. The van der Waals surface area contributed by atoms with Crippen LogP contribution in [0, 0.1) is 0 Å². The van der Waals surface area contributed by atoms with Crippen molar-refractivity contribution in [3.05, 3.63) is 54.0 Å². The molecule has 2 aliphatic heterocycles. The quantitative estimate of drug-likeness (QED) is 0.719. The van der Waals surface area contributed by atoms with Crippen molar-refractivity contribution in [2.45, 2.75) is 6.29 Å². The number of ether oxygens (including phenoxy) is 2. The Kier molecular flexibility index (Phi) is 6.31. The number of hydrogen-bond acceptors (Lipinski definition) is 7. The average Bonchev–Trinajstić information content (AvgIpc) is 3.31. The van der Waals surface area contributed by atoms with Gasteiger partial charge in [0, 0.05) is 43.6 Å². The van der Waals surface area contributed by atoms with E-state index in [-0.39, 0.29) is 5.91 Å². The summed E-state index contributed by atoms with van der Waals surface area (Å²) in [5.74, 6) is 2.15. The lowest BCUT2D eigenvalue weighted by atomic mass is 10.0. The molecule has 0 aliphatic carbocycles. The van der Waals surface area contributed by atoms with Gasteiger partial charge in [-0.25, -0.2) is 0 Å². The first-order chi connectivity index (χ1) is 14.5. The van der Waals surface area contributed by atoms with Crippen LogP contribution in [0.25, 0.3) is 5.57 Å². The molecule has 1 aromatic carbocycles. The van der Waals surface area contributed by atoms with Gasteiger partial charge in [-0.3, -0.25) is 4.79 Å². The molecule has 0 radical (unpaired) electrons. The van der Waals surface area contributed by atoms with Gasteiger partial charge in [0.15, 0.2) is 5.76 Å². The Bertz CT molecular complexity index is 952. The number of rotatable bonds is 4. The minimum atomic E-state index is -0.995. The summed E-state index contributed by atoms with van der Waals surface area (Å²) in [7, 11) is 1.59. The van der Waals surface area contributed by atoms with E-state index in [0.717, 1.165) is 15.5 Å². The van der Waals surface area contributed by atoms with Gasteiger partial charge in [-0.15, -0.1) is 0 Å². The highest BCUT2D eigenvalue weighted by atomic mass is 32.2. The van der Waals surface area contributed by atoms with Crippen LogP contribution in [0.15, 0.2) is 47.1 Å². The number of carbonyl (C=O) groups is 1. The van der Waals surface area contributed by atoms with Crippen molar-refractivity contribution in [2.24, 2.45) is 0 Å². The van der Waals surface area contributed by atoms with E-state index >= 15 is 0 Å². The maximum atomic E-state index is 12.4. The molecule has 158 valence electrons. The van der Waals surface area contributed by atoms with Crippen molar-refractivity contribution in [2.75, 3.05) is 39.0 Å². The molecule has 0 spiro atoms. The molecule has 2 aromatic rings. The normalized spacial score (nSPS) is 18.3. The molecule has 1 aromatic heterocycles. The van der Waals surface area contributed by atoms with Crippen molar-refractivity contribution in [3.63, 3.8) is 0 Å². The largest absolute Gasteiger partial charge is 0.497 e. The number of nitrogens with zero attached hydrogens (tertiary/aromatic N) is 2. The highest BCUT2D eigenvalue weighted by Gasteiger charge is 2.26. The first-order valence-electron chi connectivity index (χ1n) is 9.53. The fraction of sp³-hybridized carbons (Fsp3) is 0.333. The molecule has 30 heavy (non-hydrogen) atoms. The number of carbonyl (C=O) groups excluding carboxylic acids is 1. The number of methoxy groups -OCH3 is 1. The summed E-state index contributed by atoms with van der Waals surface area (Å²) in [6.07, 6.45) is 2.21. The first-order valence-corrected chi connectivity index (χ1v) is 10.9. The fourth-order valence-corrected chi connectivity index (χ4v) is 4.68. The van der Waals surface area contributed by atoms with Crippen LogP contribution in [-0.2, 0) is 0 Å². The lowest BCUT2D eigenvalue weighted by molar-refractivity contribution is 0.0224. The van der Waals surface area contributed by atoms with Gasteiger partial charge in [-0.2, -0.15) is 0 Å². The molecule has 1 saturated heterocycles. The van der Waals surface area contributed by atoms with E-state index in [1.54, 1.807) is 48.0 Å². The minimum absolute atomic E-state index is 0.0911. The van der Waals surface area contributed by atoms with Gasteiger partial charge >= 0.3 is 0 Å². The molecule has 1 atom stereocenters. The number of thiocarbonyl (C=S) groups is 1. The molecule has 1 fully saturated rings. The zero-order valence-electron chi connectivity index (χ0n) is 16.4. The van der Waals surface area contributed by atoms with E-state index in [1.807, 2.05) is 12.1 Å². The van der Waals surface area contributed by atoms with E-state index in [2.05, 4.69) is 4.90 Å². The summed E-state index contributed by atoms with van der Waals surface area (Å²) in [6, 6.07) is 8.95. The fourth-order valence-electron chi connectivity index (χ4n) is 3.42. The third-order valence-electron chi connectivity index (χ3n) is 5.03. The van der Waals surface area contributed by atoms with Gasteiger partial charge in [0.1, 0.15) is 15.8 Å². The monoisotopic (exact) mass is 446 g/mol. The van der Waals surface area contributed by atoms with Crippen LogP contribution in [0.4, 0.5) is 0 Å². The number of piperazine rings is 1. The topological polar surface area (TPSA) is 75.4 Å². The molecular formula is C21H22N2O5S2. The third kappa shape index (κ3) is 4.48. The molecule has 9 heteroatoms. The Hall–Kier alpha value is -2.49. The van der Waals surface area contributed by atoms with E-state index < -0.39 is 6.29 Å². The highest BCUT2D eigenvalue weighted by Crippen LogP contribution is 2.36. The molecule has 2 aliphatic rings. The van der Waals surface area contributed by atoms with Crippen LogP contribution in [0.2, 0.25) is 0 Å². The van der Waals surface area contributed by atoms with Crippen LogP contribution in [0.1, 0.15) is 16.1 Å². The molecule has 4 rings (SSSR count). The van der Waals surface area contributed by atoms with E-state index in [0.29, 0.717) is 49.2 Å². The number of benzene rings is 1. The third-order valence-corrected chi connectivity index (χ3v) is 6.61. The number of furan rings is 1. The second-order valence-corrected chi connectivity index (χ2v) is 8.48. The van der Waals surface area contributed by atoms with Gasteiger partial charge in [0.25, 0.3) is 5.91 Å². The van der Waals surface area contributed by atoms with E-state index in [4.69, 9.17) is 26.1 Å². The molecule has 1 unspecified atom stereocenters. The second kappa shape index (κ2) is 9.11. The summed E-state index contributed by atoms with van der Waals surface area (Å²) in [6.45, 7) is 2.55. The predicted molar refractivity (Wildman–Crippen MR) is 119 cm³/mol. The molecule has 3 heterocycles. The number of aliphatic hydroxyl groups is 1. The Labute approximate surface area is 184 Å². The van der Waals surface area contributed by atoms with Crippen LogP contribution >= 0.6 is 24.0 Å². The number of fused-ring (bicyclic) bond motifs is 1. The van der Waals surface area contributed by atoms with Crippen LogP contribution in [0.5, 0.6) is 11.5 Å². The summed E-state index contributed by atoms with van der Waals surface area (Å²) >= 11 is 7.16. The number of hydrogen-bond donors (Lipinski definition) is 1. The summed E-state index contributed by atoms with van der Waals surface area (Å²) < 4.78 is 16.7. The molecule has 0 bridgehead atoms. The Morgan fingerprint density at radius 1 is 1.27 bits per heavy atom. The van der Waals surface area contributed by atoms with Gasteiger partial charge in [-0.1, -0.05) is 24.0 Å². The van der Waals surface area contributed by atoms with Crippen LogP contribution in [-0.4, -0.2) is 70.5 Å². The van der Waals surface area contributed by atoms with E-state index in [9.17, 15) is 9.90 Å². The molecular weight excluding hydrogens is 424 g/mol. The zero-order valence-corrected chi connectivity index (χ0v) is 18.1. The van der Waals surface area contributed by atoms with Crippen molar-refractivity contribution in [1.29, 1.82) is 0 Å². The van der Waals surface area contributed by atoms with Crippen molar-refractivity contribution >= 4 is 39.8 Å². The molecule has 1 amide bonds. The predicted octanol–water partition coefficient (Wildman–Crippen LogP) is 2.86. The smallest absolute Gasteiger partial charge is 0.289 e. The lowest BCUT2D eigenvalue weighted by Crippen LogP contribution is -2.49. The maximum absolute atomic E-state index is 12.4. The SMILES string of the molecule is COc1ccc2c(c1)OC(O)C=C2CSC(=S)N1CCN(C(=O)c2ccco2)CC1. The summed E-state index contributed by atoms with van der Waals surface area (Å²) in [5.41, 5.74) is 1.88. The Morgan fingerprint density at radius 3 is 2.73 bits per heavy atom. The maximum Gasteiger partial charge on any atom is 0.289 e. The van der Waals surface area contributed by atoms with Gasteiger partial charge in [-0.05, 0) is 35.9 Å². The molecule has 0 saturated carbocycles. The molecule has 1 N–H and O–H groups in total. The average molecular weight is 447 g/mol. The van der Waals surface area contributed by atoms with Crippen LogP contribution < -0.4 is 9.47 Å². The van der Waals surface area contributed by atoms with Gasteiger partial charge in [0.05, 0.1) is 13.4 Å². The van der Waals surface area contributed by atoms with Crippen molar-refractivity contribution in [3.8, 4) is 11.5 Å². The zero-order chi connectivity index (χ0) is 21.1. The minimum Gasteiger partial charge on any atom is -0.497 e. The number of aliphatic hydroxyl groups excluding tert-OH is 1. The summed E-state index contributed by atoms with van der Waals surface area (Å²) in [5, 5.41) is 10.0. The first kappa shape index (κ1) is 20.8. The summed E-state index contributed by atoms with van der Waals surface area (Å²) in [4.78, 5) is 16.3.